The Morgan fingerprint density at radius 2 is 1.83 bits per heavy atom. The number of aryl methyl sites for hydroxylation is 2. The van der Waals surface area contributed by atoms with Crippen molar-refractivity contribution in [3.63, 3.8) is 0 Å². The Kier molecular flexibility index (Phi) is 6.13. The van der Waals surface area contributed by atoms with E-state index in [0.29, 0.717) is 17.9 Å². The van der Waals surface area contributed by atoms with Crippen molar-refractivity contribution < 1.29 is 18.7 Å². The van der Waals surface area contributed by atoms with Crippen LogP contribution in [0.4, 0.5) is 0 Å². The molecule has 0 spiro atoms. The molecule has 0 saturated heterocycles. The van der Waals surface area contributed by atoms with Crippen LogP contribution >= 0.6 is 0 Å². The maximum Gasteiger partial charge on any atom is 0.338 e. The number of rotatable bonds is 6. The zero-order valence-corrected chi connectivity index (χ0v) is 16.7. The van der Waals surface area contributed by atoms with Gasteiger partial charge in [-0.1, -0.05) is 12.1 Å². The van der Waals surface area contributed by atoms with E-state index in [1.165, 1.54) is 17.5 Å². The van der Waals surface area contributed by atoms with Crippen molar-refractivity contribution in [3.05, 3.63) is 70.8 Å². The van der Waals surface area contributed by atoms with Gasteiger partial charge in [-0.15, -0.1) is 0 Å². The van der Waals surface area contributed by atoms with Crippen LogP contribution in [0.15, 0.2) is 52.8 Å². The Hall–Kier alpha value is -2.82. The molecule has 4 rings (SSSR count). The summed E-state index contributed by atoms with van der Waals surface area (Å²) in [4.78, 5) is 27.1. The maximum atomic E-state index is 12.9. The van der Waals surface area contributed by atoms with Crippen LogP contribution in [0.2, 0.25) is 0 Å². The number of carbonyl (C=O) groups is 2. The van der Waals surface area contributed by atoms with Gasteiger partial charge in [0, 0.05) is 5.70 Å². The second-order valence-electron chi connectivity index (χ2n) is 7.77. The molecule has 2 aliphatic rings. The van der Waals surface area contributed by atoms with Gasteiger partial charge in [0.1, 0.15) is 5.76 Å². The lowest BCUT2D eigenvalue weighted by atomic mass is 9.90. The molecule has 1 aromatic heterocycles. The summed E-state index contributed by atoms with van der Waals surface area (Å²) in [5, 5.41) is 0. The Bertz CT molecular complexity index is 898. The molecule has 0 N–H and O–H groups in total. The molecule has 5 heteroatoms. The number of hydrogen-bond donors (Lipinski definition) is 0. The number of hydrogen-bond acceptors (Lipinski definition) is 4. The fourth-order valence-corrected chi connectivity index (χ4v) is 4.12. The summed E-state index contributed by atoms with van der Waals surface area (Å²) in [6.45, 7) is 0.0853. The summed E-state index contributed by atoms with van der Waals surface area (Å²) < 4.78 is 10.8. The van der Waals surface area contributed by atoms with E-state index >= 15 is 0 Å². The molecule has 1 aromatic carbocycles. The van der Waals surface area contributed by atoms with Crippen molar-refractivity contribution in [2.45, 2.75) is 57.9 Å². The van der Waals surface area contributed by atoms with E-state index in [4.69, 9.17) is 9.15 Å². The molecule has 0 unspecified atom stereocenters. The summed E-state index contributed by atoms with van der Waals surface area (Å²) >= 11 is 0. The molecule has 0 bridgehead atoms. The predicted octanol–water partition coefficient (Wildman–Crippen LogP) is 4.80. The van der Waals surface area contributed by atoms with Gasteiger partial charge in [0.15, 0.2) is 6.61 Å². The van der Waals surface area contributed by atoms with E-state index in [2.05, 4.69) is 6.08 Å². The van der Waals surface area contributed by atoms with Crippen molar-refractivity contribution in [1.29, 1.82) is 0 Å². The molecule has 1 heterocycles. The third kappa shape index (κ3) is 4.78. The zero-order chi connectivity index (χ0) is 20.1. The van der Waals surface area contributed by atoms with Gasteiger partial charge in [-0.05, 0) is 86.8 Å². The van der Waals surface area contributed by atoms with E-state index in [1.54, 1.807) is 17.2 Å². The van der Waals surface area contributed by atoms with Gasteiger partial charge in [-0.25, -0.2) is 4.79 Å². The molecule has 29 heavy (non-hydrogen) atoms. The monoisotopic (exact) mass is 393 g/mol. The van der Waals surface area contributed by atoms with Crippen molar-refractivity contribution in [1.82, 2.24) is 4.90 Å². The van der Waals surface area contributed by atoms with Crippen molar-refractivity contribution in [3.8, 4) is 0 Å². The Morgan fingerprint density at radius 1 is 1.00 bits per heavy atom. The molecule has 2 aliphatic carbocycles. The summed E-state index contributed by atoms with van der Waals surface area (Å²) in [5.41, 5.74) is 4.05. The van der Waals surface area contributed by atoms with Crippen LogP contribution in [0.5, 0.6) is 0 Å². The molecule has 0 atom stereocenters. The fourth-order valence-electron chi connectivity index (χ4n) is 4.12. The standard InChI is InChI=1S/C24H27NO4/c26-23(25(16-22-11-6-14-28-22)21-9-2-1-3-10-21)17-29-24(27)20-13-12-18-7-4-5-8-19(18)15-20/h6,9,11-15H,1-5,7-8,10,16-17H2. The first-order chi connectivity index (χ1) is 14.2. The number of benzene rings is 1. The lowest BCUT2D eigenvalue weighted by Crippen LogP contribution is -2.34. The SMILES string of the molecule is O=C(OCC(=O)N(Cc1ccco1)C1=CCCCC1)c1ccc2c(c1)CCCC2. The number of allylic oxidation sites excluding steroid dienone is 2. The quantitative estimate of drug-likeness (QED) is 0.662. The highest BCUT2D eigenvalue weighted by molar-refractivity contribution is 5.91. The summed E-state index contributed by atoms with van der Waals surface area (Å²) in [6, 6.07) is 9.40. The second-order valence-corrected chi connectivity index (χ2v) is 7.77. The van der Waals surface area contributed by atoms with Gasteiger partial charge in [0.25, 0.3) is 5.91 Å². The number of esters is 1. The first-order valence-electron chi connectivity index (χ1n) is 10.5. The molecule has 1 amide bonds. The number of ether oxygens (including phenoxy) is 1. The minimum absolute atomic E-state index is 0.221. The maximum absolute atomic E-state index is 12.9. The minimum Gasteiger partial charge on any atom is -0.467 e. The molecule has 0 radical (unpaired) electrons. The third-order valence-electron chi connectivity index (χ3n) is 5.72. The smallest absolute Gasteiger partial charge is 0.338 e. The highest BCUT2D eigenvalue weighted by Gasteiger charge is 2.23. The first kappa shape index (κ1) is 19.5. The molecule has 0 saturated carbocycles. The summed E-state index contributed by atoms with van der Waals surface area (Å²) in [5.74, 6) is 0.0500. The van der Waals surface area contributed by atoms with E-state index in [-0.39, 0.29) is 12.5 Å². The number of fused-ring (bicyclic) bond motifs is 1. The summed E-state index contributed by atoms with van der Waals surface area (Å²) in [6.07, 6.45) is 12.1. The summed E-state index contributed by atoms with van der Waals surface area (Å²) in [7, 11) is 0. The molecule has 5 nitrogen and oxygen atoms in total. The molecular weight excluding hydrogens is 366 g/mol. The lowest BCUT2D eigenvalue weighted by Gasteiger charge is -2.27. The fraction of sp³-hybridized carbons (Fsp3) is 0.417. The zero-order valence-electron chi connectivity index (χ0n) is 16.7. The third-order valence-corrected chi connectivity index (χ3v) is 5.72. The largest absolute Gasteiger partial charge is 0.467 e. The second kappa shape index (κ2) is 9.12. The van der Waals surface area contributed by atoms with Gasteiger partial charge in [0.2, 0.25) is 0 Å². The van der Waals surface area contributed by atoms with Gasteiger partial charge in [-0.3, -0.25) is 4.79 Å². The molecule has 0 fully saturated rings. The van der Waals surface area contributed by atoms with Gasteiger partial charge >= 0.3 is 5.97 Å². The highest BCUT2D eigenvalue weighted by Crippen LogP contribution is 2.24. The number of amides is 1. The van der Waals surface area contributed by atoms with Crippen molar-refractivity contribution in [2.75, 3.05) is 6.61 Å². The average molecular weight is 393 g/mol. The highest BCUT2D eigenvalue weighted by atomic mass is 16.5. The Balaban J connectivity index is 1.41. The van der Waals surface area contributed by atoms with Crippen LogP contribution in [0.3, 0.4) is 0 Å². The topological polar surface area (TPSA) is 59.8 Å². The van der Waals surface area contributed by atoms with E-state index < -0.39 is 5.97 Å². The predicted molar refractivity (Wildman–Crippen MR) is 109 cm³/mol. The van der Waals surface area contributed by atoms with E-state index in [1.807, 2.05) is 24.3 Å². The van der Waals surface area contributed by atoms with Crippen molar-refractivity contribution >= 4 is 11.9 Å². The minimum atomic E-state index is -0.442. The van der Waals surface area contributed by atoms with Crippen LogP contribution in [0.25, 0.3) is 0 Å². The number of furan rings is 1. The van der Waals surface area contributed by atoms with Crippen LogP contribution in [0.1, 0.15) is 65.8 Å². The van der Waals surface area contributed by atoms with E-state index in [0.717, 1.165) is 50.6 Å². The van der Waals surface area contributed by atoms with Crippen LogP contribution in [0, 0.1) is 0 Å². The molecular formula is C24H27NO4. The van der Waals surface area contributed by atoms with Crippen LogP contribution in [-0.4, -0.2) is 23.4 Å². The van der Waals surface area contributed by atoms with Crippen LogP contribution < -0.4 is 0 Å². The first-order valence-corrected chi connectivity index (χ1v) is 10.5. The lowest BCUT2D eigenvalue weighted by molar-refractivity contribution is -0.133. The number of carbonyl (C=O) groups excluding carboxylic acids is 2. The van der Waals surface area contributed by atoms with Crippen molar-refractivity contribution in [2.24, 2.45) is 0 Å². The molecule has 152 valence electrons. The van der Waals surface area contributed by atoms with E-state index in [9.17, 15) is 9.59 Å². The van der Waals surface area contributed by atoms with Crippen LogP contribution in [-0.2, 0) is 28.9 Å². The average Bonchev–Trinajstić information content (AvgIpc) is 3.29. The molecule has 2 aromatic rings. The van der Waals surface area contributed by atoms with Gasteiger partial charge < -0.3 is 14.1 Å². The Morgan fingerprint density at radius 3 is 2.59 bits per heavy atom. The van der Waals surface area contributed by atoms with Gasteiger partial charge in [0.05, 0.1) is 18.4 Å². The number of nitrogens with zero attached hydrogens (tertiary/aromatic N) is 1. The normalized spacial score (nSPS) is 15.9. The Labute approximate surface area is 171 Å². The van der Waals surface area contributed by atoms with Gasteiger partial charge in [-0.2, -0.15) is 0 Å². The molecule has 0 aliphatic heterocycles.